The maximum atomic E-state index is 15.3. The Hall–Kier alpha value is -3.83. The van der Waals surface area contributed by atoms with Crippen LogP contribution in [0.5, 0.6) is 5.75 Å². The number of benzene rings is 1. The third-order valence-corrected chi connectivity index (χ3v) is 10.4. The number of hydrogen-bond acceptors (Lipinski definition) is 6. The number of carbonyl (C=O) groups excluding carboxylic acids is 2. The van der Waals surface area contributed by atoms with Gasteiger partial charge in [0.25, 0.3) is 11.8 Å². The summed E-state index contributed by atoms with van der Waals surface area (Å²) in [5.74, 6) is -1.96. The molecular weight excluding hydrogens is 706 g/mol. The minimum absolute atomic E-state index is 0.0375. The number of hydrogen-bond donors (Lipinski definition) is 0. The topological polar surface area (TPSA) is 86.5 Å². The minimum Gasteiger partial charge on any atom is -0.474 e. The number of alkyl halides is 6. The van der Waals surface area contributed by atoms with E-state index in [-0.39, 0.29) is 44.5 Å². The number of piperidine rings is 1. The third kappa shape index (κ3) is 7.44. The summed E-state index contributed by atoms with van der Waals surface area (Å²) in [5, 5.41) is 11.6. The summed E-state index contributed by atoms with van der Waals surface area (Å²) in [7, 11) is 0. The van der Waals surface area contributed by atoms with Crippen molar-refractivity contribution in [1.82, 2.24) is 14.8 Å². The molecule has 2 aromatic heterocycles. The number of pyridine rings is 1. The molecule has 5 rings (SSSR count). The first-order valence-corrected chi connectivity index (χ1v) is 17.4. The van der Waals surface area contributed by atoms with Crippen molar-refractivity contribution in [1.29, 1.82) is 5.26 Å². The summed E-state index contributed by atoms with van der Waals surface area (Å²) in [4.78, 5) is 34.9. The van der Waals surface area contributed by atoms with Crippen LogP contribution in [-0.4, -0.2) is 51.3 Å². The minimum atomic E-state index is -4.91. The molecule has 50 heavy (non-hydrogen) atoms. The molecule has 1 fully saturated rings. The molecule has 268 valence electrons. The van der Waals surface area contributed by atoms with Gasteiger partial charge in [-0.3, -0.25) is 14.6 Å². The van der Waals surface area contributed by atoms with Gasteiger partial charge in [-0.25, -0.2) is 0 Å². The van der Waals surface area contributed by atoms with E-state index in [0.717, 1.165) is 45.8 Å². The quantitative estimate of drug-likeness (QED) is 0.215. The van der Waals surface area contributed by atoms with Crippen molar-refractivity contribution in [2.75, 3.05) is 13.1 Å². The van der Waals surface area contributed by atoms with Crippen molar-refractivity contribution in [2.45, 2.75) is 89.3 Å². The predicted molar refractivity (Wildman–Crippen MR) is 175 cm³/mol. The normalized spacial score (nSPS) is 21.4. The number of nitrogens with zero attached hydrogens (tertiary/aromatic N) is 4. The van der Waals surface area contributed by atoms with Gasteiger partial charge in [0.05, 0.1) is 29.1 Å². The highest BCUT2D eigenvalue weighted by atomic mass is 35.5. The molecule has 1 aromatic carbocycles. The lowest BCUT2D eigenvalue weighted by Gasteiger charge is -2.51. The second kappa shape index (κ2) is 14.1. The molecule has 0 bridgehead atoms. The Balaban J connectivity index is 1.67. The Labute approximate surface area is 294 Å². The number of fused-ring (bicyclic) bond motifs is 1. The van der Waals surface area contributed by atoms with Gasteiger partial charge in [0.1, 0.15) is 16.3 Å². The monoisotopic (exact) mass is 740 g/mol. The van der Waals surface area contributed by atoms with Gasteiger partial charge in [0.15, 0.2) is 0 Å². The summed E-state index contributed by atoms with van der Waals surface area (Å²) in [6, 6.07) is 8.22. The largest absolute Gasteiger partial charge is 0.474 e. The van der Waals surface area contributed by atoms with E-state index in [9.17, 15) is 36.4 Å². The van der Waals surface area contributed by atoms with Crippen LogP contribution in [0.3, 0.4) is 0 Å². The summed E-state index contributed by atoms with van der Waals surface area (Å²) in [6.45, 7) is 5.30. The molecule has 2 amide bonds. The zero-order valence-corrected chi connectivity index (χ0v) is 29.1. The number of carbonyl (C=O) groups is 2. The van der Waals surface area contributed by atoms with E-state index in [0.29, 0.717) is 29.2 Å². The highest BCUT2D eigenvalue weighted by molar-refractivity contribution is 7.10. The molecular formula is C35H35ClF6N4O3S. The fraction of sp³-hybridized carbons (Fsp3) is 0.486. The smallest absolute Gasteiger partial charge is 0.425 e. The number of aromatic nitrogens is 1. The summed E-state index contributed by atoms with van der Waals surface area (Å²) in [6.07, 6.45) is -7.50. The maximum absolute atomic E-state index is 15.3. The van der Waals surface area contributed by atoms with Gasteiger partial charge in [-0.15, -0.1) is 11.3 Å². The van der Waals surface area contributed by atoms with Gasteiger partial charge in [0, 0.05) is 42.2 Å². The molecule has 3 aromatic rings. The van der Waals surface area contributed by atoms with Crippen LogP contribution in [-0.2, 0) is 23.6 Å². The molecule has 4 heterocycles. The Morgan fingerprint density at radius 3 is 2.48 bits per heavy atom. The fourth-order valence-corrected chi connectivity index (χ4v) is 7.86. The van der Waals surface area contributed by atoms with Crippen LogP contribution in [0.15, 0.2) is 48.0 Å². The van der Waals surface area contributed by atoms with Crippen LogP contribution < -0.4 is 4.74 Å². The van der Waals surface area contributed by atoms with Gasteiger partial charge < -0.3 is 14.5 Å². The van der Waals surface area contributed by atoms with Gasteiger partial charge in [-0.2, -0.15) is 31.6 Å². The number of nitriles is 1. The first-order valence-electron chi connectivity index (χ1n) is 16.1. The predicted octanol–water partition coefficient (Wildman–Crippen LogP) is 9.12. The van der Waals surface area contributed by atoms with Crippen LogP contribution in [0.2, 0.25) is 5.02 Å². The Bertz CT molecular complexity index is 1790. The summed E-state index contributed by atoms with van der Waals surface area (Å²) >= 11 is 6.68. The van der Waals surface area contributed by atoms with Crippen molar-refractivity contribution >= 4 is 34.8 Å². The van der Waals surface area contributed by atoms with Gasteiger partial charge in [-0.05, 0) is 74.9 Å². The van der Waals surface area contributed by atoms with Crippen molar-refractivity contribution < 1.29 is 40.7 Å². The molecule has 0 aliphatic carbocycles. The Kier molecular flexibility index (Phi) is 10.5. The first-order chi connectivity index (χ1) is 23.4. The maximum Gasteiger partial charge on any atom is 0.425 e. The average Bonchev–Trinajstić information content (AvgIpc) is 3.54. The van der Waals surface area contributed by atoms with Crippen LogP contribution >= 0.6 is 22.9 Å². The van der Waals surface area contributed by atoms with Crippen molar-refractivity contribution in [2.24, 2.45) is 5.41 Å². The molecule has 0 saturated carbocycles. The average molecular weight is 741 g/mol. The number of rotatable bonds is 8. The highest BCUT2D eigenvalue weighted by Gasteiger charge is 2.57. The second-order valence-corrected chi connectivity index (χ2v) is 14.6. The lowest BCUT2D eigenvalue weighted by Crippen LogP contribution is -2.68. The fourth-order valence-electron chi connectivity index (χ4n) is 6.99. The standard InChI is InChI=1S/C35H35ClF6N4O3S/c1-4-7-27-33(49-23-17-28(50-19-23)35(40,41)42,12-6-14-46(27)30(47)29-25(34(37,38)39)8-5-13-44-29)31(48)45-15-11-21-16-22(36)9-10-24(21)26(45)18-32(2,3)20-43/h5,8-10,13,16-17,19,26-27H,4,6-7,11-12,14-15,18H2,1-3H3/t26?,27-,33+/m1/s1. The molecule has 2 aliphatic heterocycles. The van der Waals surface area contributed by atoms with Crippen molar-refractivity contribution in [3.8, 4) is 11.8 Å². The molecule has 7 nitrogen and oxygen atoms in total. The van der Waals surface area contributed by atoms with E-state index in [4.69, 9.17) is 16.3 Å². The lowest BCUT2D eigenvalue weighted by molar-refractivity contribution is -0.163. The number of likely N-dealkylation sites (tertiary alicyclic amines) is 1. The number of halogens is 7. The second-order valence-electron chi connectivity index (χ2n) is 13.2. The molecule has 0 N–H and O–H groups in total. The van der Waals surface area contributed by atoms with E-state index in [2.05, 4.69) is 11.1 Å². The van der Waals surface area contributed by atoms with E-state index in [1.54, 1.807) is 43.9 Å². The zero-order chi connectivity index (χ0) is 36.6. The van der Waals surface area contributed by atoms with E-state index in [1.165, 1.54) is 0 Å². The third-order valence-electron chi connectivity index (χ3n) is 9.25. The molecule has 2 aliphatic rings. The Morgan fingerprint density at radius 1 is 1.10 bits per heavy atom. The number of ether oxygens (including phenoxy) is 1. The van der Waals surface area contributed by atoms with Gasteiger partial charge in [-0.1, -0.05) is 31.0 Å². The van der Waals surface area contributed by atoms with Crippen LogP contribution in [0.25, 0.3) is 0 Å². The lowest BCUT2D eigenvalue weighted by atomic mass is 9.77. The Morgan fingerprint density at radius 2 is 1.84 bits per heavy atom. The number of amides is 2. The van der Waals surface area contributed by atoms with E-state index in [1.807, 2.05) is 0 Å². The molecule has 1 unspecified atom stereocenters. The molecule has 1 saturated heterocycles. The molecule has 15 heteroatoms. The highest BCUT2D eigenvalue weighted by Crippen LogP contribution is 2.46. The van der Waals surface area contributed by atoms with Crippen LogP contribution in [0.1, 0.15) is 91.0 Å². The number of thiophene rings is 1. The van der Waals surface area contributed by atoms with Gasteiger partial charge in [0.2, 0.25) is 5.60 Å². The first kappa shape index (κ1) is 37.4. The van der Waals surface area contributed by atoms with Crippen molar-refractivity contribution in [3.63, 3.8) is 0 Å². The van der Waals surface area contributed by atoms with Crippen LogP contribution in [0.4, 0.5) is 26.3 Å². The summed E-state index contributed by atoms with van der Waals surface area (Å²) in [5.41, 5.74) is -3.42. The van der Waals surface area contributed by atoms with Crippen molar-refractivity contribution in [3.05, 3.63) is 80.3 Å². The molecule has 3 atom stereocenters. The van der Waals surface area contributed by atoms with E-state index >= 15 is 4.79 Å². The zero-order valence-electron chi connectivity index (χ0n) is 27.5. The van der Waals surface area contributed by atoms with Gasteiger partial charge >= 0.3 is 12.4 Å². The van der Waals surface area contributed by atoms with E-state index < -0.39 is 63.4 Å². The molecule has 0 radical (unpaired) electrons. The summed E-state index contributed by atoms with van der Waals surface area (Å²) < 4.78 is 89.8. The molecule has 0 spiro atoms. The van der Waals surface area contributed by atoms with Crippen LogP contribution in [0, 0.1) is 16.7 Å². The SMILES string of the molecule is CCC[C@H]1N(C(=O)c2ncccc2C(F)(F)F)CCC[C@@]1(Oc1csc(C(F)(F)F)c1)C(=O)N1CCc2cc(Cl)ccc2C1CC(C)(C)C#N.